The van der Waals surface area contributed by atoms with Crippen LogP contribution in [0, 0.1) is 5.82 Å². The number of rotatable bonds is 5. The van der Waals surface area contributed by atoms with Gasteiger partial charge in [-0.15, -0.1) is 24.0 Å². The van der Waals surface area contributed by atoms with E-state index in [2.05, 4.69) is 25.7 Å². The maximum Gasteiger partial charge on any atom is 0.191 e. The first kappa shape index (κ1) is 20.6. The van der Waals surface area contributed by atoms with E-state index in [9.17, 15) is 4.39 Å². The second-order valence-corrected chi connectivity index (χ2v) is 5.96. The summed E-state index contributed by atoms with van der Waals surface area (Å²) in [6.45, 7) is 1.52. The number of aliphatic imine (C=N–C) groups is 1. The van der Waals surface area contributed by atoms with Crippen LogP contribution in [0.5, 0.6) is 0 Å². The van der Waals surface area contributed by atoms with Crippen LogP contribution in [0.25, 0.3) is 0 Å². The Morgan fingerprint density at radius 3 is 2.96 bits per heavy atom. The lowest BCUT2D eigenvalue weighted by Crippen LogP contribution is -2.46. The molecule has 0 aliphatic carbocycles. The fourth-order valence-electron chi connectivity index (χ4n) is 2.88. The van der Waals surface area contributed by atoms with Gasteiger partial charge in [0, 0.05) is 38.7 Å². The van der Waals surface area contributed by atoms with Gasteiger partial charge in [0.1, 0.15) is 18.2 Å². The number of aromatic nitrogens is 3. The molecule has 0 spiro atoms. The number of fused-ring (bicyclic) bond motifs is 1. The monoisotopic (exact) mass is 474 g/mol. The summed E-state index contributed by atoms with van der Waals surface area (Å²) in [5, 5.41) is 11.0. The molecule has 1 aromatic carbocycles. The van der Waals surface area contributed by atoms with Crippen molar-refractivity contribution in [2.45, 2.75) is 38.6 Å². The quantitative estimate of drug-likeness (QED) is 0.393. The summed E-state index contributed by atoms with van der Waals surface area (Å²) in [5.74, 6) is 2.12. The van der Waals surface area contributed by atoms with E-state index >= 15 is 0 Å². The molecule has 7 nitrogen and oxygen atoms in total. The normalized spacial score (nSPS) is 16.6. The topological polar surface area (TPSA) is 76.4 Å². The van der Waals surface area contributed by atoms with Gasteiger partial charge in [-0.2, -0.15) is 5.10 Å². The summed E-state index contributed by atoms with van der Waals surface area (Å²) in [7, 11) is 3.34. The molecule has 0 fully saturated rings. The summed E-state index contributed by atoms with van der Waals surface area (Å²) in [6.07, 6.45) is 1.78. The first-order valence-electron chi connectivity index (χ1n) is 8.31. The Kier molecular flexibility index (Phi) is 7.76. The summed E-state index contributed by atoms with van der Waals surface area (Å²) in [4.78, 5) is 8.70. The van der Waals surface area contributed by atoms with E-state index in [-0.39, 0.29) is 35.8 Å². The Hall–Kier alpha value is -1.75. The van der Waals surface area contributed by atoms with Crippen LogP contribution in [0.3, 0.4) is 0 Å². The molecule has 1 aliphatic rings. The Morgan fingerprint density at radius 1 is 1.42 bits per heavy atom. The lowest BCUT2D eigenvalue weighted by atomic mass is 10.1. The number of nitrogens with zero attached hydrogens (tertiary/aromatic N) is 4. The Bertz CT molecular complexity index is 751. The summed E-state index contributed by atoms with van der Waals surface area (Å²) < 4.78 is 20.7. The molecule has 1 unspecified atom stereocenters. The van der Waals surface area contributed by atoms with E-state index in [1.54, 1.807) is 26.3 Å². The number of ether oxygens (including phenoxy) is 1. The predicted molar refractivity (Wildman–Crippen MR) is 108 cm³/mol. The zero-order chi connectivity index (χ0) is 17.6. The minimum absolute atomic E-state index is 0. The van der Waals surface area contributed by atoms with Gasteiger partial charge in [-0.3, -0.25) is 4.99 Å². The standard InChI is InChI=1S/C17H23FN6O.HI/c1-19-17(20-9-12-5-3-4-6-14(12)18)21-13-7-8-16-22-15(11-25-2)23-24(16)10-13;/h3-6,13H,7-11H2,1-2H3,(H2,19,20,21);1H. The molecule has 0 saturated heterocycles. The van der Waals surface area contributed by atoms with Crippen LogP contribution in [0.4, 0.5) is 4.39 Å². The highest BCUT2D eigenvalue weighted by Crippen LogP contribution is 2.13. The molecular weight excluding hydrogens is 450 g/mol. The summed E-state index contributed by atoms with van der Waals surface area (Å²) in [6, 6.07) is 6.91. The second kappa shape index (κ2) is 9.81. The van der Waals surface area contributed by atoms with Gasteiger partial charge in [-0.25, -0.2) is 14.1 Å². The van der Waals surface area contributed by atoms with Crippen molar-refractivity contribution in [1.82, 2.24) is 25.4 Å². The van der Waals surface area contributed by atoms with Crippen molar-refractivity contribution in [1.29, 1.82) is 0 Å². The highest BCUT2D eigenvalue weighted by molar-refractivity contribution is 14.0. The maximum absolute atomic E-state index is 13.7. The van der Waals surface area contributed by atoms with Gasteiger partial charge in [-0.1, -0.05) is 18.2 Å². The number of aryl methyl sites for hydroxylation is 1. The largest absolute Gasteiger partial charge is 0.377 e. The fraction of sp³-hybridized carbons (Fsp3) is 0.471. The molecule has 0 saturated carbocycles. The molecule has 1 aromatic heterocycles. The van der Waals surface area contributed by atoms with Gasteiger partial charge >= 0.3 is 0 Å². The van der Waals surface area contributed by atoms with Crippen molar-refractivity contribution in [3.05, 3.63) is 47.3 Å². The van der Waals surface area contributed by atoms with E-state index in [0.717, 1.165) is 18.7 Å². The van der Waals surface area contributed by atoms with Crippen molar-refractivity contribution in [3.63, 3.8) is 0 Å². The molecule has 0 bridgehead atoms. The van der Waals surface area contributed by atoms with Crippen LogP contribution >= 0.6 is 24.0 Å². The lowest BCUT2D eigenvalue weighted by Gasteiger charge is -2.25. The molecule has 0 radical (unpaired) electrons. The first-order chi connectivity index (χ1) is 12.2. The zero-order valence-corrected chi connectivity index (χ0v) is 17.2. The fourth-order valence-corrected chi connectivity index (χ4v) is 2.88. The van der Waals surface area contributed by atoms with Crippen molar-refractivity contribution >= 4 is 29.9 Å². The van der Waals surface area contributed by atoms with Crippen LogP contribution in [0.2, 0.25) is 0 Å². The van der Waals surface area contributed by atoms with E-state index in [1.165, 1.54) is 6.07 Å². The van der Waals surface area contributed by atoms with Gasteiger partial charge < -0.3 is 15.4 Å². The van der Waals surface area contributed by atoms with Crippen molar-refractivity contribution < 1.29 is 9.13 Å². The van der Waals surface area contributed by atoms with Crippen LogP contribution in [-0.2, 0) is 30.9 Å². The number of hydrogen-bond acceptors (Lipinski definition) is 4. The minimum Gasteiger partial charge on any atom is -0.377 e. The molecule has 3 rings (SSSR count). The van der Waals surface area contributed by atoms with Crippen molar-refractivity contribution in [2.24, 2.45) is 4.99 Å². The Labute approximate surface area is 169 Å². The molecular formula is C17H24FIN6O. The molecule has 1 aliphatic heterocycles. The van der Waals surface area contributed by atoms with Gasteiger partial charge in [-0.05, 0) is 12.5 Å². The highest BCUT2D eigenvalue weighted by Gasteiger charge is 2.22. The van der Waals surface area contributed by atoms with E-state index in [1.807, 2.05) is 10.7 Å². The number of benzene rings is 1. The number of guanidine groups is 1. The molecule has 2 aromatic rings. The number of nitrogens with one attached hydrogen (secondary N) is 2. The summed E-state index contributed by atoms with van der Waals surface area (Å²) in [5.41, 5.74) is 0.608. The second-order valence-electron chi connectivity index (χ2n) is 5.96. The SMILES string of the molecule is CN=C(NCc1ccccc1F)NC1CCc2nc(COC)nn2C1.I. The molecule has 0 amide bonds. The molecule has 26 heavy (non-hydrogen) atoms. The number of methoxy groups -OCH3 is 1. The average molecular weight is 474 g/mol. The Balaban J connectivity index is 0.00000243. The van der Waals surface area contributed by atoms with Gasteiger partial charge in [0.25, 0.3) is 0 Å². The highest BCUT2D eigenvalue weighted by atomic mass is 127. The van der Waals surface area contributed by atoms with E-state index < -0.39 is 0 Å². The molecule has 9 heteroatoms. The molecule has 142 valence electrons. The third kappa shape index (κ3) is 5.13. The van der Waals surface area contributed by atoms with Gasteiger partial charge in [0.15, 0.2) is 11.8 Å². The maximum atomic E-state index is 13.7. The smallest absolute Gasteiger partial charge is 0.191 e. The molecule has 1 atom stereocenters. The zero-order valence-electron chi connectivity index (χ0n) is 14.9. The Morgan fingerprint density at radius 2 is 2.23 bits per heavy atom. The molecule has 2 N–H and O–H groups in total. The van der Waals surface area contributed by atoms with Gasteiger partial charge in [0.05, 0.1) is 6.54 Å². The van der Waals surface area contributed by atoms with Gasteiger partial charge in [0.2, 0.25) is 0 Å². The van der Waals surface area contributed by atoms with Crippen LogP contribution in [-0.4, -0.2) is 40.9 Å². The van der Waals surface area contributed by atoms with E-state index in [4.69, 9.17) is 4.74 Å². The summed E-state index contributed by atoms with van der Waals surface area (Å²) >= 11 is 0. The number of hydrogen-bond donors (Lipinski definition) is 2. The third-order valence-electron chi connectivity index (χ3n) is 4.14. The van der Waals surface area contributed by atoms with Crippen molar-refractivity contribution in [2.75, 3.05) is 14.2 Å². The first-order valence-corrected chi connectivity index (χ1v) is 8.31. The average Bonchev–Trinajstić information content (AvgIpc) is 3.01. The van der Waals surface area contributed by atoms with Crippen molar-refractivity contribution in [3.8, 4) is 0 Å². The predicted octanol–water partition coefficient (Wildman–Crippen LogP) is 1.86. The van der Waals surface area contributed by atoms with Crippen LogP contribution < -0.4 is 10.6 Å². The van der Waals surface area contributed by atoms with E-state index in [0.29, 0.717) is 37.0 Å². The van der Waals surface area contributed by atoms with Crippen LogP contribution in [0.1, 0.15) is 23.6 Å². The number of halogens is 2. The lowest BCUT2D eigenvalue weighted by molar-refractivity contribution is 0.177. The minimum atomic E-state index is -0.221. The molecule has 2 heterocycles. The third-order valence-corrected chi connectivity index (χ3v) is 4.14. The van der Waals surface area contributed by atoms with Crippen LogP contribution in [0.15, 0.2) is 29.3 Å².